The molecule has 0 amide bonds. The van der Waals surface area contributed by atoms with Gasteiger partial charge in [0.2, 0.25) is 0 Å². The van der Waals surface area contributed by atoms with Crippen molar-refractivity contribution in [2.45, 2.75) is 112 Å². The van der Waals surface area contributed by atoms with Gasteiger partial charge in [-0.05, 0) is 40.2 Å². The molecule has 13 atom stereocenters. The molecular formula is C20H43N5O11S. The van der Waals surface area contributed by atoms with E-state index in [-0.39, 0.29) is 24.8 Å². The monoisotopic (exact) mass is 561 g/mol. The summed E-state index contributed by atoms with van der Waals surface area (Å²) >= 11 is 0. The van der Waals surface area contributed by atoms with E-state index in [1.54, 1.807) is 14.0 Å². The van der Waals surface area contributed by atoms with E-state index in [0.717, 1.165) is 6.42 Å². The molecule has 0 aromatic heterocycles. The highest BCUT2D eigenvalue weighted by Gasteiger charge is 2.50. The van der Waals surface area contributed by atoms with E-state index in [0.29, 0.717) is 12.8 Å². The smallest absolute Gasteiger partial charge is 0.388 e. The van der Waals surface area contributed by atoms with Crippen LogP contribution in [0.2, 0.25) is 0 Å². The van der Waals surface area contributed by atoms with Gasteiger partial charge in [0, 0.05) is 18.1 Å². The van der Waals surface area contributed by atoms with E-state index in [4.69, 9.17) is 59.4 Å². The predicted octanol–water partition coefficient (Wildman–Crippen LogP) is -4.24. The number of ether oxygens (including phenoxy) is 4. The zero-order valence-electron chi connectivity index (χ0n) is 21.2. The number of nitrogens with two attached hydrogens (primary N) is 4. The summed E-state index contributed by atoms with van der Waals surface area (Å²) in [5.74, 6) is 0. The molecule has 2 saturated heterocycles. The van der Waals surface area contributed by atoms with Crippen LogP contribution in [0.3, 0.4) is 0 Å². The second-order valence-electron chi connectivity index (χ2n) is 10.1. The zero-order valence-corrected chi connectivity index (χ0v) is 22.0. The topological polar surface area (TPSA) is 288 Å². The molecule has 16 nitrogen and oxygen atoms in total. The summed E-state index contributed by atoms with van der Waals surface area (Å²) in [6.45, 7) is 3.34. The highest BCUT2D eigenvalue weighted by Crippen LogP contribution is 2.31. The van der Waals surface area contributed by atoms with E-state index in [9.17, 15) is 15.3 Å². The lowest BCUT2D eigenvalue weighted by Gasteiger charge is -2.48. The van der Waals surface area contributed by atoms with E-state index >= 15 is 0 Å². The van der Waals surface area contributed by atoms with Gasteiger partial charge in [0.1, 0.15) is 30.0 Å². The Morgan fingerprint density at radius 3 is 2.00 bits per heavy atom. The summed E-state index contributed by atoms with van der Waals surface area (Å²) in [5.41, 5.74) is 23.3. The van der Waals surface area contributed by atoms with Crippen molar-refractivity contribution in [2.24, 2.45) is 22.9 Å². The van der Waals surface area contributed by atoms with Crippen molar-refractivity contribution in [1.82, 2.24) is 5.32 Å². The number of hydrogen-bond acceptors (Lipinski definition) is 14. The van der Waals surface area contributed by atoms with Crippen molar-refractivity contribution in [3.63, 3.8) is 0 Å². The third kappa shape index (κ3) is 8.95. The molecule has 14 N–H and O–H groups in total. The second kappa shape index (κ2) is 13.2. The molecule has 17 heteroatoms. The third-order valence-corrected chi connectivity index (χ3v) is 6.81. The van der Waals surface area contributed by atoms with E-state index in [2.05, 4.69) is 5.32 Å². The quantitative estimate of drug-likeness (QED) is 0.137. The Bertz CT molecular complexity index is 815. The first-order valence-corrected chi connectivity index (χ1v) is 13.4. The molecular weight excluding hydrogens is 518 g/mol. The Labute approximate surface area is 216 Å². The van der Waals surface area contributed by atoms with Gasteiger partial charge in [-0.1, -0.05) is 0 Å². The van der Waals surface area contributed by atoms with Gasteiger partial charge in [-0.3, -0.25) is 9.11 Å². The second-order valence-corrected chi connectivity index (χ2v) is 11.0. The molecule has 220 valence electrons. The summed E-state index contributed by atoms with van der Waals surface area (Å²) in [4.78, 5) is 0. The highest BCUT2D eigenvalue weighted by atomic mass is 32.3. The Balaban J connectivity index is 0.000000877. The van der Waals surface area contributed by atoms with Crippen LogP contribution in [0.15, 0.2) is 0 Å². The fraction of sp³-hybridized carbons (Fsp3) is 1.00. The molecule has 1 unspecified atom stereocenters. The molecule has 0 aromatic carbocycles. The first-order chi connectivity index (χ1) is 17.0. The van der Waals surface area contributed by atoms with Gasteiger partial charge in [-0.15, -0.1) is 0 Å². The van der Waals surface area contributed by atoms with Crippen molar-refractivity contribution in [1.29, 1.82) is 0 Å². The normalized spacial score (nSPS) is 46.0. The van der Waals surface area contributed by atoms with E-state index < -0.39 is 71.1 Å². The summed E-state index contributed by atoms with van der Waals surface area (Å²) < 4.78 is 55.0. The minimum absolute atomic E-state index is 0.0683. The molecule has 3 rings (SSSR count). The van der Waals surface area contributed by atoms with Gasteiger partial charge in [-0.25, -0.2) is 0 Å². The Morgan fingerprint density at radius 1 is 1.00 bits per heavy atom. The number of hydrogen-bond donors (Lipinski definition) is 10. The molecule has 0 radical (unpaired) electrons. The lowest BCUT2D eigenvalue weighted by Crippen LogP contribution is -2.68. The van der Waals surface area contributed by atoms with Crippen LogP contribution < -0.4 is 28.3 Å². The minimum Gasteiger partial charge on any atom is -0.388 e. The van der Waals surface area contributed by atoms with Crippen molar-refractivity contribution < 1.29 is 51.8 Å². The molecule has 37 heavy (non-hydrogen) atoms. The van der Waals surface area contributed by atoms with Crippen molar-refractivity contribution in [3.05, 3.63) is 0 Å². The molecule has 0 spiro atoms. The van der Waals surface area contributed by atoms with Crippen LogP contribution in [0.1, 0.15) is 33.1 Å². The molecule has 2 aliphatic heterocycles. The lowest BCUT2D eigenvalue weighted by molar-refractivity contribution is -0.307. The maximum atomic E-state index is 11.1. The molecule has 0 bridgehead atoms. The van der Waals surface area contributed by atoms with Crippen LogP contribution in [0.25, 0.3) is 0 Å². The van der Waals surface area contributed by atoms with Crippen LogP contribution >= 0.6 is 0 Å². The van der Waals surface area contributed by atoms with Gasteiger partial charge in [0.25, 0.3) is 0 Å². The van der Waals surface area contributed by atoms with Crippen LogP contribution in [0, 0.1) is 0 Å². The van der Waals surface area contributed by atoms with Crippen LogP contribution in [-0.2, 0) is 29.3 Å². The van der Waals surface area contributed by atoms with Crippen LogP contribution in [0.4, 0.5) is 0 Å². The standard InChI is InChI=1S/C20H41N5O7.H2O4S/c1-8(21)12-5-4-9(22)18(30-12)31-15-10(23)6-11(24)16(13(15)26)32-19-14(27)17(25-3)20(2,28)7-29-19;1-5(2,3)4/h8-19,25-28H,4-7,21-24H2,1-3H3;(H2,1,2,3,4)/t8?,9-,10-,11+,12-,13+,14-,15+,16-,17+,18-,19+,20-;/m0./s1. The molecule has 3 aliphatic rings. The van der Waals surface area contributed by atoms with Gasteiger partial charge < -0.3 is 62.5 Å². The van der Waals surface area contributed by atoms with Gasteiger partial charge in [0.05, 0.1) is 24.8 Å². The molecule has 1 aliphatic carbocycles. The number of rotatable bonds is 6. The Kier molecular flexibility index (Phi) is 11.6. The Hall–Kier alpha value is -0.610. The van der Waals surface area contributed by atoms with E-state index in [1.807, 2.05) is 6.92 Å². The number of likely N-dealkylation sites (N-methyl/N-ethyl adjacent to an activating group) is 1. The number of aliphatic hydroxyl groups excluding tert-OH is 2. The number of nitrogens with one attached hydrogen (secondary N) is 1. The van der Waals surface area contributed by atoms with Crippen molar-refractivity contribution in [2.75, 3.05) is 13.7 Å². The average Bonchev–Trinajstić information content (AvgIpc) is 2.75. The molecule has 0 aromatic rings. The SMILES string of the molecule is CN[C@@H]1[C@H](O)[C@@H](O[C@@H]2[C@H](O)[C@H](O[C@@H]3O[C@H](C(C)N)CC[C@@H]3N)[C@@H](N)C[C@H]2N)OC[C@]1(C)O.O=S(=O)(O)O. The third-order valence-electron chi connectivity index (χ3n) is 6.81. The molecule has 1 saturated carbocycles. The van der Waals surface area contributed by atoms with Crippen LogP contribution in [0.5, 0.6) is 0 Å². The number of aliphatic hydroxyl groups is 3. The first-order valence-electron chi connectivity index (χ1n) is 12.0. The average molecular weight is 562 g/mol. The lowest BCUT2D eigenvalue weighted by atomic mass is 9.84. The maximum absolute atomic E-state index is 11.1. The van der Waals surface area contributed by atoms with Crippen LogP contribution in [-0.4, -0.2) is 125 Å². The first kappa shape index (κ1) is 32.6. The summed E-state index contributed by atoms with van der Waals surface area (Å²) in [6.07, 6.45) is -4.58. The summed E-state index contributed by atoms with van der Waals surface area (Å²) in [5, 5.41) is 35.0. The molecule has 3 fully saturated rings. The largest absolute Gasteiger partial charge is 0.394 e. The maximum Gasteiger partial charge on any atom is 0.394 e. The Morgan fingerprint density at radius 2 is 1.51 bits per heavy atom. The van der Waals surface area contributed by atoms with Gasteiger partial charge >= 0.3 is 10.4 Å². The minimum atomic E-state index is -4.67. The fourth-order valence-electron chi connectivity index (χ4n) is 4.87. The summed E-state index contributed by atoms with van der Waals surface area (Å²) in [7, 11) is -3.04. The highest BCUT2D eigenvalue weighted by molar-refractivity contribution is 7.79. The molecule has 2 heterocycles. The van der Waals surface area contributed by atoms with Crippen molar-refractivity contribution >= 4 is 10.4 Å². The zero-order chi connectivity index (χ0) is 28.3. The predicted molar refractivity (Wildman–Crippen MR) is 129 cm³/mol. The van der Waals surface area contributed by atoms with Gasteiger partial charge in [0.15, 0.2) is 12.6 Å². The fourth-order valence-corrected chi connectivity index (χ4v) is 4.87. The van der Waals surface area contributed by atoms with E-state index in [1.165, 1.54) is 0 Å². The van der Waals surface area contributed by atoms with Gasteiger partial charge in [-0.2, -0.15) is 8.42 Å². The van der Waals surface area contributed by atoms with Crippen molar-refractivity contribution in [3.8, 4) is 0 Å². The summed E-state index contributed by atoms with van der Waals surface area (Å²) in [6, 6.07) is -2.47.